The molecule has 1 aromatic rings. The number of hydrogen-bond donors (Lipinski definition) is 1. The van der Waals surface area contributed by atoms with Crippen LogP contribution in [0.15, 0.2) is 12.4 Å². The molecule has 1 aliphatic heterocycles. The fourth-order valence-corrected chi connectivity index (χ4v) is 2.20. The number of aromatic nitrogens is 2. The lowest BCUT2D eigenvalue weighted by molar-refractivity contribution is 0.194. The molecule has 6 heteroatoms. The number of hydrogen-bond acceptors (Lipinski definition) is 4. The van der Waals surface area contributed by atoms with Gasteiger partial charge in [-0.3, -0.25) is 9.88 Å². The van der Waals surface area contributed by atoms with Gasteiger partial charge in [-0.25, -0.2) is 4.98 Å². The molecule has 0 saturated carbocycles. The van der Waals surface area contributed by atoms with Gasteiger partial charge in [0.25, 0.3) is 0 Å². The van der Waals surface area contributed by atoms with Crippen LogP contribution in [0.25, 0.3) is 0 Å². The summed E-state index contributed by atoms with van der Waals surface area (Å²) in [7, 11) is 2.11. The van der Waals surface area contributed by atoms with E-state index < -0.39 is 0 Å². The Labute approximate surface area is 113 Å². The molecule has 1 aromatic heterocycles. The third kappa shape index (κ3) is 4.07. The fraction of sp³-hybridized carbons (Fsp3) is 0.636. The van der Waals surface area contributed by atoms with Gasteiger partial charge >= 0.3 is 0 Å². The van der Waals surface area contributed by atoms with Crippen LogP contribution in [0.3, 0.4) is 0 Å². The molecular weight excluding hydrogens is 259 g/mol. The second kappa shape index (κ2) is 7.11. The molecule has 1 fully saturated rings. The van der Waals surface area contributed by atoms with Crippen molar-refractivity contribution in [3.8, 4) is 0 Å². The van der Waals surface area contributed by atoms with Gasteiger partial charge in [-0.05, 0) is 26.4 Å². The number of halogens is 2. The van der Waals surface area contributed by atoms with Gasteiger partial charge in [0.1, 0.15) is 0 Å². The lowest BCUT2D eigenvalue weighted by Crippen LogP contribution is -2.43. The van der Waals surface area contributed by atoms with Crippen LogP contribution < -0.4 is 5.32 Å². The Morgan fingerprint density at radius 1 is 1.47 bits per heavy atom. The van der Waals surface area contributed by atoms with E-state index in [-0.39, 0.29) is 12.4 Å². The van der Waals surface area contributed by atoms with Crippen LogP contribution >= 0.6 is 24.0 Å². The maximum atomic E-state index is 5.99. The first-order chi connectivity index (χ1) is 7.77. The number of piperidine rings is 1. The molecule has 96 valence electrons. The van der Waals surface area contributed by atoms with E-state index in [4.69, 9.17) is 11.6 Å². The van der Waals surface area contributed by atoms with Gasteiger partial charge in [0.05, 0.1) is 5.69 Å². The van der Waals surface area contributed by atoms with E-state index in [9.17, 15) is 0 Å². The van der Waals surface area contributed by atoms with Crippen molar-refractivity contribution >= 4 is 24.0 Å². The molecule has 4 nitrogen and oxygen atoms in total. The Bertz CT molecular complexity index is 342. The molecule has 0 aromatic carbocycles. The van der Waals surface area contributed by atoms with E-state index in [1.54, 1.807) is 12.4 Å². The van der Waals surface area contributed by atoms with Gasteiger partial charge in [0, 0.05) is 31.5 Å². The molecule has 1 unspecified atom stereocenters. The summed E-state index contributed by atoms with van der Waals surface area (Å²) in [6, 6.07) is 0.576. The first kappa shape index (κ1) is 14.6. The SMILES string of the molecule is CN(Cc1nccnc1Cl)C1CCCNC1.Cl. The smallest absolute Gasteiger partial charge is 0.151 e. The largest absolute Gasteiger partial charge is 0.315 e. The summed E-state index contributed by atoms with van der Waals surface area (Å²) in [5.74, 6) is 0. The van der Waals surface area contributed by atoms with Crippen molar-refractivity contribution in [1.29, 1.82) is 0 Å². The van der Waals surface area contributed by atoms with Crippen molar-refractivity contribution in [2.45, 2.75) is 25.4 Å². The quantitative estimate of drug-likeness (QED) is 0.913. The molecule has 1 atom stereocenters. The summed E-state index contributed by atoms with van der Waals surface area (Å²) in [5, 5.41) is 3.92. The molecule has 0 aliphatic carbocycles. The van der Waals surface area contributed by atoms with E-state index in [1.165, 1.54) is 12.8 Å². The maximum absolute atomic E-state index is 5.99. The zero-order valence-corrected chi connectivity index (χ0v) is 11.5. The molecule has 1 aliphatic rings. The van der Waals surface area contributed by atoms with Crippen molar-refractivity contribution < 1.29 is 0 Å². The first-order valence-electron chi connectivity index (χ1n) is 5.63. The van der Waals surface area contributed by atoms with Crippen molar-refractivity contribution in [3.05, 3.63) is 23.2 Å². The topological polar surface area (TPSA) is 41.1 Å². The second-order valence-electron chi connectivity index (χ2n) is 4.21. The molecule has 17 heavy (non-hydrogen) atoms. The van der Waals surface area contributed by atoms with Crippen molar-refractivity contribution in [2.24, 2.45) is 0 Å². The van der Waals surface area contributed by atoms with Gasteiger partial charge < -0.3 is 5.32 Å². The summed E-state index contributed by atoms with van der Waals surface area (Å²) in [4.78, 5) is 10.6. The minimum atomic E-state index is 0. The molecule has 0 amide bonds. The first-order valence-corrected chi connectivity index (χ1v) is 6.01. The van der Waals surface area contributed by atoms with Gasteiger partial charge in [0.15, 0.2) is 5.15 Å². The minimum absolute atomic E-state index is 0. The van der Waals surface area contributed by atoms with Crippen molar-refractivity contribution in [3.63, 3.8) is 0 Å². The number of rotatable bonds is 3. The molecule has 2 rings (SSSR count). The van der Waals surface area contributed by atoms with Crippen LogP contribution in [0.4, 0.5) is 0 Å². The van der Waals surface area contributed by atoms with E-state index in [0.29, 0.717) is 11.2 Å². The van der Waals surface area contributed by atoms with E-state index in [2.05, 4.69) is 27.2 Å². The highest BCUT2D eigenvalue weighted by Crippen LogP contribution is 2.15. The molecule has 0 radical (unpaired) electrons. The summed E-state index contributed by atoms with van der Waals surface area (Å²) in [6.45, 7) is 2.95. The van der Waals surface area contributed by atoms with Gasteiger partial charge in [0.2, 0.25) is 0 Å². The normalized spacial score (nSPS) is 20.1. The van der Waals surface area contributed by atoms with E-state index in [0.717, 1.165) is 25.3 Å². The van der Waals surface area contributed by atoms with Crippen LogP contribution in [0, 0.1) is 0 Å². The van der Waals surface area contributed by atoms with Crippen LogP contribution in [-0.4, -0.2) is 41.0 Å². The average Bonchev–Trinajstić information content (AvgIpc) is 2.33. The highest BCUT2D eigenvalue weighted by molar-refractivity contribution is 6.29. The Hall–Kier alpha value is -0.420. The summed E-state index contributed by atoms with van der Waals surface area (Å²) >= 11 is 5.99. The third-order valence-electron chi connectivity index (χ3n) is 3.02. The highest BCUT2D eigenvalue weighted by Gasteiger charge is 2.18. The molecular formula is C11H18Cl2N4. The Kier molecular flexibility index (Phi) is 6.12. The van der Waals surface area contributed by atoms with E-state index >= 15 is 0 Å². The summed E-state index contributed by atoms with van der Waals surface area (Å²) < 4.78 is 0. The Morgan fingerprint density at radius 2 is 2.24 bits per heavy atom. The number of likely N-dealkylation sites (N-methyl/N-ethyl adjacent to an activating group) is 1. The molecule has 1 N–H and O–H groups in total. The van der Waals surface area contributed by atoms with Gasteiger partial charge in [-0.15, -0.1) is 12.4 Å². The average molecular weight is 277 g/mol. The molecule has 1 saturated heterocycles. The maximum Gasteiger partial charge on any atom is 0.151 e. The van der Waals surface area contributed by atoms with Gasteiger partial charge in [-0.2, -0.15) is 0 Å². The predicted octanol–water partition coefficient (Wildman–Crippen LogP) is 1.74. The van der Waals surface area contributed by atoms with E-state index in [1.807, 2.05) is 0 Å². The predicted molar refractivity (Wildman–Crippen MR) is 71.6 cm³/mol. The third-order valence-corrected chi connectivity index (χ3v) is 3.33. The summed E-state index contributed by atoms with van der Waals surface area (Å²) in [5.41, 5.74) is 0.859. The fourth-order valence-electron chi connectivity index (χ4n) is 2.03. The van der Waals surface area contributed by atoms with Gasteiger partial charge in [-0.1, -0.05) is 11.6 Å². The number of nitrogens with zero attached hydrogens (tertiary/aromatic N) is 3. The Morgan fingerprint density at radius 3 is 2.88 bits per heavy atom. The van der Waals surface area contributed by atoms with Crippen LogP contribution in [0.2, 0.25) is 5.15 Å². The number of nitrogens with one attached hydrogen (secondary N) is 1. The molecule has 2 heterocycles. The van der Waals surface area contributed by atoms with Crippen molar-refractivity contribution in [1.82, 2.24) is 20.2 Å². The monoisotopic (exact) mass is 276 g/mol. The van der Waals surface area contributed by atoms with Crippen LogP contribution in [-0.2, 0) is 6.54 Å². The zero-order chi connectivity index (χ0) is 11.4. The molecule has 0 spiro atoms. The highest BCUT2D eigenvalue weighted by atomic mass is 35.5. The minimum Gasteiger partial charge on any atom is -0.315 e. The Balaban J connectivity index is 0.00000144. The van der Waals surface area contributed by atoms with Crippen LogP contribution in [0.1, 0.15) is 18.5 Å². The lowest BCUT2D eigenvalue weighted by Gasteiger charge is -2.31. The van der Waals surface area contributed by atoms with Crippen LogP contribution in [0.5, 0.6) is 0 Å². The summed E-state index contributed by atoms with van der Waals surface area (Å²) in [6.07, 6.45) is 5.78. The second-order valence-corrected chi connectivity index (χ2v) is 4.57. The zero-order valence-electron chi connectivity index (χ0n) is 9.90. The molecule has 0 bridgehead atoms. The van der Waals surface area contributed by atoms with Crippen molar-refractivity contribution in [2.75, 3.05) is 20.1 Å². The lowest BCUT2D eigenvalue weighted by atomic mass is 10.1. The standard InChI is InChI=1S/C11H17ClN4.ClH/c1-16(9-3-2-4-13-7-9)8-10-11(12)15-6-5-14-10;/h5-6,9,13H,2-4,7-8H2,1H3;1H.